The molecule has 0 fully saturated rings. The lowest BCUT2D eigenvalue weighted by Gasteiger charge is -2.37. The number of halogens is 3. The first kappa shape index (κ1) is 24.7. The molecule has 0 amide bonds. The summed E-state index contributed by atoms with van der Waals surface area (Å²) in [6.07, 6.45) is -0.849. The summed E-state index contributed by atoms with van der Waals surface area (Å²) in [5, 5.41) is 4.73. The molecule has 0 aliphatic carbocycles. The van der Waals surface area contributed by atoms with E-state index < -0.39 is 17.8 Å². The molecule has 0 radical (unpaired) electrons. The van der Waals surface area contributed by atoms with Gasteiger partial charge in [0, 0.05) is 18.4 Å². The van der Waals surface area contributed by atoms with Gasteiger partial charge in [-0.2, -0.15) is 13.2 Å². The Morgan fingerprint density at radius 2 is 1.69 bits per heavy atom. The van der Waals surface area contributed by atoms with Gasteiger partial charge in [0.15, 0.2) is 11.6 Å². The van der Waals surface area contributed by atoms with E-state index in [4.69, 9.17) is 14.8 Å². The average Bonchev–Trinajstić information content (AvgIpc) is 3.58. The number of aryl methyl sites for hydroxylation is 1. The highest BCUT2D eigenvalue weighted by molar-refractivity contribution is 5.57. The van der Waals surface area contributed by atoms with Crippen molar-refractivity contribution >= 4 is 5.69 Å². The number of methoxy groups -OCH3 is 1. The van der Waals surface area contributed by atoms with Crippen LogP contribution in [0.4, 0.5) is 18.9 Å². The Morgan fingerprint density at radius 3 is 2.36 bits per heavy atom. The lowest BCUT2D eigenvalue weighted by atomic mass is 10.00. The Bertz CT molecular complexity index is 1610. The highest BCUT2D eigenvalue weighted by Gasteiger charge is 2.35. The van der Waals surface area contributed by atoms with Crippen LogP contribution in [0.1, 0.15) is 28.7 Å². The van der Waals surface area contributed by atoms with Crippen LogP contribution in [-0.4, -0.2) is 43.0 Å². The van der Waals surface area contributed by atoms with Gasteiger partial charge in [-0.1, -0.05) is 30.3 Å². The Balaban J connectivity index is 1.42. The van der Waals surface area contributed by atoms with E-state index in [2.05, 4.69) is 14.9 Å². The van der Waals surface area contributed by atoms with Crippen molar-refractivity contribution in [3.63, 3.8) is 0 Å². The molecule has 2 aromatic carbocycles. The second kappa shape index (κ2) is 9.57. The van der Waals surface area contributed by atoms with Gasteiger partial charge in [0.2, 0.25) is 5.88 Å². The second-order valence-electron chi connectivity index (χ2n) is 9.22. The lowest BCUT2D eigenvalue weighted by molar-refractivity contribution is -0.137. The van der Waals surface area contributed by atoms with Crippen molar-refractivity contribution in [3.05, 3.63) is 102 Å². The molecule has 3 aromatic heterocycles. The summed E-state index contributed by atoms with van der Waals surface area (Å²) in [6.45, 7) is 3.05. The molecule has 5 aromatic rings. The number of nitrogens with zero attached hydrogens (tertiary/aromatic N) is 7. The van der Waals surface area contributed by atoms with Crippen molar-refractivity contribution in [1.29, 1.82) is 0 Å². The van der Waals surface area contributed by atoms with Gasteiger partial charge >= 0.3 is 6.18 Å². The third-order valence-corrected chi connectivity index (χ3v) is 6.70. The number of benzene rings is 2. The van der Waals surface area contributed by atoms with E-state index in [0.717, 1.165) is 29.2 Å². The maximum atomic E-state index is 13.3. The minimum absolute atomic E-state index is 0.392. The van der Waals surface area contributed by atoms with Gasteiger partial charge in [-0.3, -0.25) is 0 Å². The topological polar surface area (TPSA) is 73.9 Å². The zero-order chi connectivity index (χ0) is 27.1. The van der Waals surface area contributed by atoms with Crippen LogP contribution >= 0.6 is 0 Å². The summed E-state index contributed by atoms with van der Waals surface area (Å²) in [4.78, 5) is 15.9. The number of aromatic nitrogens is 6. The summed E-state index contributed by atoms with van der Waals surface area (Å²) >= 11 is 0. The quantitative estimate of drug-likeness (QED) is 0.300. The molecule has 1 unspecified atom stereocenters. The maximum Gasteiger partial charge on any atom is 0.416 e. The number of hydrogen-bond acceptors (Lipinski definition) is 6. The van der Waals surface area contributed by atoms with E-state index in [9.17, 15) is 13.2 Å². The predicted octanol–water partition coefficient (Wildman–Crippen LogP) is 5.47. The van der Waals surface area contributed by atoms with Gasteiger partial charge in [-0.25, -0.2) is 19.6 Å². The number of imidazole rings is 1. The van der Waals surface area contributed by atoms with Crippen molar-refractivity contribution in [2.24, 2.45) is 0 Å². The SMILES string of the molecule is COc1nc(-c2nc3n(n2)CCN(c2ccccc2)C3c2ccc(C(F)(F)F)cc2)ccc1-n1cnc(C)c1. The molecule has 0 N–H and O–H groups in total. The van der Waals surface area contributed by atoms with Crippen molar-refractivity contribution in [3.8, 4) is 23.1 Å². The summed E-state index contributed by atoms with van der Waals surface area (Å²) in [7, 11) is 1.55. The molecular formula is C28H24F3N7O. The Kier molecular flexibility index (Phi) is 6.05. The maximum absolute atomic E-state index is 13.3. The number of ether oxygens (including phenoxy) is 1. The Morgan fingerprint density at radius 1 is 0.923 bits per heavy atom. The molecule has 11 heteroatoms. The van der Waals surface area contributed by atoms with Crippen molar-refractivity contribution < 1.29 is 17.9 Å². The van der Waals surface area contributed by atoms with Gasteiger partial charge in [0.05, 0.1) is 31.2 Å². The number of para-hydroxylation sites is 1. The average molecular weight is 532 g/mol. The summed E-state index contributed by atoms with van der Waals surface area (Å²) in [6, 6.07) is 18.2. The number of hydrogen-bond donors (Lipinski definition) is 0. The largest absolute Gasteiger partial charge is 0.479 e. The number of anilines is 1. The minimum atomic E-state index is -4.41. The molecule has 8 nitrogen and oxygen atoms in total. The zero-order valence-electron chi connectivity index (χ0n) is 21.2. The van der Waals surface area contributed by atoms with Crippen LogP contribution in [0, 0.1) is 6.92 Å². The first-order valence-corrected chi connectivity index (χ1v) is 12.3. The van der Waals surface area contributed by atoms with Crippen LogP contribution < -0.4 is 9.64 Å². The molecule has 1 aliphatic heterocycles. The third-order valence-electron chi connectivity index (χ3n) is 6.70. The van der Waals surface area contributed by atoms with Crippen LogP contribution in [0.15, 0.2) is 79.3 Å². The van der Waals surface area contributed by atoms with Crippen LogP contribution in [0.2, 0.25) is 0 Å². The highest BCUT2D eigenvalue weighted by Crippen LogP contribution is 2.37. The summed E-state index contributed by atoms with van der Waals surface area (Å²) in [5.41, 5.74) is 3.04. The molecule has 39 heavy (non-hydrogen) atoms. The van der Waals surface area contributed by atoms with Crippen LogP contribution in [-0.2, 0) is 12.7 Å². The molecule has 0 bridgehead atoms. The molecule has 0 saturated carbocycles. The molecule has 4 heterocycles. The van der Waals surface area contributed by atoms with E-state index >= 15 is 0 Å². The van der Waals surface area contributed by atoms with Crippen molar-refractivity contribution in [2.75, 3.05) is 18.6 Å². The summed E-state index contributed by atoms with van der Waals surface area (Å²) in [5.74, 6) is 1.42. The first-order valence-electron chi connectivity index (χ1n) is 12.3. The normalized spacial score (nSPS) is 15.3. The van der Waals surface area contributed by atoms with Gasteiger partial charge in [0.1, 0.15) is 17.4 Å². The van der Waals surface area contributed by atoms with E-state index in [1.807, 2.05) is 60.2 Å². The highest BCUT2D eigenvalue weighted by atomic mass is 19.4. The Labute approximate surface area is 222 Å². The molecule has 1 aliphatic rings. The van der Waals surface area contributed by atoms with E-state index in [1.165, 1.54) is 12.1 Å². The first-order chi connectivity index (χ1) is 18.8. The van der Waals surface area contributed by atoms with E-state index in [1.54, 1.807) is 18.1 Å². The van der Waals surface area contributed by atoms with E-state index in [-0.39, 0.29) is 0 Å². The molecule has 198 valence electrons. The van der Waals surface area contributed by atoms with Gasteiger partial charge < -0.3 is 14.2 Å². The summed E-state index contributed by atoms with van der Waals surface area (Å²) < 4.78 is 49.0. The van der Waals surface area contributed by atoms with Crippen LogP contribution in [0.3, 0.4) is 0 Å². The smallest absolute Gasteiger partial charge is 0.416 e. The van der Waals surface area contributed by atoms with E-state index in [0.29, 0.717) is 41.9 Å². The van der Waals surface area contributed by atoms with Crippen molar-refractivity contribution in [2.45, 2.75) is 25.7 Å². The predicted molar refractivity (Wildman–Crippen MR) is 139 cm³/mol. The molecule has 0 saturated heterocycles. The fourth-order valence-electron chi connectivity index (χ4n) is 4.84. The number of rotatable bonds is 5. The number of fused-ring (bicyclic) bond motifs is 1. The molecule has 6 rings (SSSR count). The van der Waals surface area contributed by atoms with Gasteiger partial charge in [-0.15, -0.1) is 5.10 Å². The van der Waals surface area contributed by atoms with Crippen molar-refractivity contribution in [1.82, 2.24) is 29.3 Å². The zero-order valence-corrected chi connectivity index (χ0v) is 21.2. The fraction of sp³-hybridized carbons (Fsp3) is 0.214. The Hall–Kier alpha value is -4.67. The molecule has 0 spiro atoms. The van der Waals surface area contributed by atoms with Gasteiger partial charge in [0.25, 0.3) is 0 Å². The van der Waals surface area contributed by atoms with Gasteiger partial charge in [-0.05, 0) is 48.9 Å². The number of pyridine rings is 1. The lowest BCUT2D eigenvalue weighted by Crippen LogP contribution is -2.39. The third kappa shape index (κ3) is 4.60. The molecule has 1 atom stereocenters. The second-order valence-corrected chi connectivity index (χ2v) is 9.22. The minimum Gasteiger partial charge on any atom is -0.479 e. The monoisotopic (exact) mass is 531 g/mol. The number of alkyl halides is 3. The van der Waals surface area contributed by atoms with Crippen LogP contribution in [0.25, 0.3) is 17.2 Å². The molecular weight excluding hydrogens is 507 g/mol. The standard InChI is InChI=1S/C28H24F3N7O/c1-18-16-36(17-32-18)23-13-12-22(33-27(23)39-2)25-34-26-24(19-8-10-20(11-9-19)28(29,30)31)37(14-15-38(26)35-25)21-6-4-3-5-7-21/h3-13,16-17,24H,14-15H2,1-2H3. The van der Waals surface area contributed by atoms with Crippen LogP contribution in [0.5, 0.6) is 5.88 Å². The fourth-order valence-corrected chi connectivity index (χ4v) is 4.84.